The Morgan fingerprint density at radius 2 is 0.473 bits per heavy atom. The van der Waals surface area contributed by atoms with E-state index in [0.29, 0.717) is 0 Å². The Labute approximate surface area is 865 Å². The number of hydrogen-bond acceptors (Lipinski definition) is 9. The molecule has 696 valence electrons. The lowest BCUT2D eigenvalue weighted by molar-refractivity contribution is 0.669. The fourth-order valence-corrected chi connectivity index (χ4v) is 26.2. The number of aromatic nitrogens is 9. The molecule has 10 nitrogen and oxygen atoms in total. The van der Waals surface area contributed by atoms with Crippen LogP contribution in [0.3, 0.4) is 0 Å². The summed E-state index contributed by atoms with van der Waals surface area (Å²) in [7, 11) is 0. The summed E-state index contributed by atoms with van der Waals surface area (Å²) in [5, 5.41) is 29.4. The lowest BCUT2D eigenvalue weighted by Gasteiger charge is -2.15. The Morgan fingerprint density at radius 1 is 0.167 bits per heavy atom. The van der Waals surface area contributed by atoms with Crippen LogP contribution in [0.4, 0.5) is 0 Å². The second kappa shape index (κ2) is 34.1. The number of nitrogens with zero attached hydrogens (tertiary/aromatic N) is 9. The first-order valence-corrected chi connectivity index (χ1v) is 52.4. The highest BCUT2D eigenvalue weighted by atomic mass is 32.1. The Bertz CT molecular complexity index is 11100. The van der Waals surface area contributed by atoms with Crippen LogP contribution in [-0.4, -0.2) is 43.6 Å². The predicted molar refractivity (Wildman–Crippen MR) is 632 cm³/mol. The van der Waals surface area contributed by atoms with Gasteiger partial charge in [0.15, 0.2) is 17.5 Å². The SMILES string of the molecule is c1ccc(-c2nc3ccccc3nc2-n2c3ccc4ccccc4c3c3c4ccccc4c(-c4ccc5c(c4)oc4ccccc45)cc32)cc1.c1ccc(-c2nc3ccccc3nc2-n2c3ccc4ccccc4c3c3c4ccccc4c(-c4ccc5c(c4)sc4ccccc45)cc32)cc1.c1ccc(-c2nc3ccccc3nc2-n2c3ccc4ccccc4c3c3c4ccccc4c(-c4cccc5c4sc4ccccc45)cc32)cc1. The molecule has 0 bridgehead atoms. The highest BCUT2D eigenvalue weighted by Crippen LogP contribution is 2.53. The Hall–Kier alpha value is -19.5. The van der Waals surface area contributed by atoms with Gasteiger partial charge in [0.05, 0.1) is 66.2 Å². The lowest BCUT2D eigenvalue weighted by Crippen LogP contribution is -2.04. The largest absolute Gasteiger partial charge is 0.456 e. The zero-order valence-corrected chi connectivity index (χ0v) is 82.1. The van der Waals surface area contributed by atoms with Crippen molar-refractivity contribution in [1.82, 2.24) is 43.6 Å². The summed E-state index contributed by atoms with van der Waals surface area (Å²) < 4.78 is 18.7. The number of thiophene rings is 2. The van der Waals surface area contributed by atoms with E-state index >= 15 is 0 Å². The molecule has 0 spiro atoms. The van der Waals surface area contributed by atoms with Crippen LogP contribution in [0.5, 0.6) is 0 Å². The van der Waals surface area contributed by atoms with Crippen molar-refractivity contribution in [2.45, 2.75) is 0 Å². The molecule has 0 aliphatic rings. The fourth-order valence-electron chi connectivity index (χ4n) is 23.9. The van der Waals surface area contributed by atoms with Gasteiger partial charge < -0.3 is 4.42 Å². The summed E-state index contributed by atoms with van der Waals surface area (Å²) in [4.78, 5) is 32.1. The topological polar surface area (TPSA) is 105 Å². The van der Waals surface area contributed by atoms with Crippen LogP contribution in [0.2, 0.25) is 0 Å². The van der Waals surface area contributed by atoms with Gasteiger partial charge in [0, 0.05) is 106 Å². The minimum absolute atomic E-state index is 0.805. The molecule has 0 fully saturated rings. The minimum atomic E-state index is 0.805. The first-order valence-electron chi connectivity index (χ1n) is 50.8. The summed E-state index contributed by atoms with van der Waals surface area (Å²) in [6, 6.07) is 175. The monoisotopic (exact) mass is 1940 g/mol. The summed E-state index contributed by atoms with van der Waals surface area (Å²) in [6.07, 6.45) is 0. The zero-order chi connectivity index (χ0) is 98.3. The van der Waals surface area contributed by atoms with E-state index in [1.54, 1.807) is 0 Å². The van der Waals surface area contributed by atoms with E-state index in [4.69, 9.17) is 34.3 Å². The van der Waals surface area contributed by atoms with Gasteiger partial charge in [0.1, 0.15) is 28.2 Å². The third kappa shape index (κ3) is 13.4. The molecule has 0 saturated carbocycles. The third-order valence-electron chi connectivity index (χ3n) is 30.5. The molecule has 33 aromatic rings. The normalized spacial score (nSPS) is 12.0. The van der Waals surface area contributed by atoms with E-state index in [-0.39, 0.29) is 0 Å². The number of benzene rings is 24. The van der Waals surface area contributed by atoms with E-state index in [2.05, 4.69) is 432 Å². The number of furan rings is 1. The molecule has 33 rings (SSSR count). The lowest BCUT2D eigenvalue weighted by atomic mass is 9.93. The van der Waals surface area contributed by atoms with Crippen molar-refractivity contribution in [2.24, 2.45) is 0 Å². The van der Waals surface area contributed by atoms with E-state index in [9.17, 15) is 0 Å². The van der Waals surface area contributed by atoms with Crippen molar-refractivity contribution in [3.05, 3.63) is 491 Å². The Kier molecular flexibility index (Phi) is 19.3. The zero-order valence-electron chi connectivity index (χ0n) is 80.5. The van der Waals surface area contributed by atoms with Gasteiger partial charge in [0.25, 0.3) is 0 Å². The van der Waals surface area contributed by atoms with E-state index in [1.807, 2.05) is 95.5 Å². The van der Waals surface area contributed by atoms with Gasteiger partial charge in [-0.15, -0.1) is 22.7 Å². The van der Waals surface area contributed by atoms with Gasteiger partial charge in [-0.05, 0) is 202 Å². The first kappa shape index (κ1) is 85.0. The quantitative estimate of drug-likeness (QED) is 0.142. The van der Waals surface area contributed by atoms with Gasteiger partial charge >= 0.3 is 0 Å². The molecular formula is C138H81N9OS2. The molecule has 0 N–H and O–H groups in total. The molecule has 150 heavy (non-hydrogen) atoms. The van der Waals surface area contributed by atoms with E-state index < -0.39 is 0 Å². The van der Waals surface area contributed by atoms with E-state index in [0.717, 1.165) is 150 Å². The maximum absolute atomic E-state index is 6.39. The number of hydrogen-bond donors (Lipinski definition) is 0. The minimum Gasteiger partial charge on any atom is -0.456 e. The first-order chi connectivity index (χ1) is 74.4. The van der Waals surface area contributed by atoms with E-state index in [1.165, 1.54) is 160 Å². The van der Waals surface area contributed by atoms with Crippen molar-refractivity contribution in [1.29, 1.82) is 0 Å². The van der Waals surface area contributed by atoms with Gasteiger partial charge in [0.2, 0.25) is 0 Å². The molecular weight excluding hydrogens is 1860 g/mol. The van der Waals surface area contributed by atoms with Crippen molar-refractivity contribution in [3.8, 4) is 84.6 Å². The van der Waals surface area contributed by atoms with Crippen molar-refractivity contribution in [3.63, 3.8) is 0 Å². The summed E-state index contributed by atoms with van der Waals surface area (Å²) in [5.41, 5.74) is 26.4. The molecule has 0 atom stereocenters. The molecule has 0 radical (unpaired) electrons. The van der Waals surface area contributed by atoms with Crippen molar-refractivity contribution >= 4 is 248 Å². The molecule has 0 saturated heterocycles. The van der Waals surface area contributed by atoms with Crippen molar-refractivity contribution < 1.29 is 4.42 Å². The summed E-state index contributed by atoms with van der Waals surface area (Å²) >= 11 is 3.74. The van der Waals surface area contributed by atoms with Gasteiger partial charge in [-0.25, -0.2) is 29.9 Å². The van der Waals surface area contributed by atoms with Crippen LogP contribution in [0.15, 0.2) is 496 Å². The fraction of sp³-hybridized carbons (Fsp3) is 0. The maximum atomic E-state index is 6.39. The second-order valence-corrected chi connectivity index (χ2v) is 40.9. The average Bonchev–Trinajstić information content (AvgIpc) is 1.55. The molecule has 0 unspecified atom stereocenters. The molecule has 9 heterocycles. The summed E-state index contributed by atoms with van der Waals surface area (Å²) in [6.45, 7) is 0. The number of para-hydroxylation sites is 7. The van der Waals surface area contributed by atoms with Crippen LogP contribution in [-0.2, 0) is 0 Å². The predicted octanol–water partition coefficient (Wildman–Crippen LogP) is 37.7. The Balaban J connectivity index is 0.000000101. The van der Waals surface area contributed by atoms with Gasteiger partial charge in [-0.3, -0.25) is 13.7 Å². The highest BCUT2D eigenvalue weighted by molar-refractivity contribution is 7.26. The number of fused-ring (bicyclic) bond motifs is 33. The molecule has 0 aliphatic heterocycles. The molecule has 24 aromatic carbocycles. The Morgan fingerprint density at radius 3 is 0.913 bits per heavy atom. The standard InChI is InChI=1S/C46H27N3O.2C46H27N3S/c1-2-13-29(14-3-1)45-46(48-38-20-10-9-19-37(38)47-45)49-39-25-23-28-12-4-5-15-31(28)43(39)44-35-18-7-6-16-32(35)36(27-40(44)49)30-22-24-34-33-17-8-11-21-41(33)50-42(34)26-30;1-2-14-29(15-3-1)44-46(48-38-23-10-9-22-37(38)47-44)49-39-26-25-28-13-4-5-16-30(28)42(39)43-33-19-7-6-17-31(33)36(27-40(43)49)35-21-12-20-34-32-18-8-11-24-41(32)50-45(34)35;1-2-13-29(14-3-1)45-46(48-38-20-10-9-19-37(38)47-45)49-39-25-23-28-12-4-5-15-31(28)43(39)44-35-18-7-6-16-32(35)36(27-40(44)49)30-22-24-34-33-17-8-11-21-41(33)50-42(34)26-30/h3*1-27H. The molecule has 9 aromatic heterocycles. The van der Waals surface area contributed by atoms with Crippen LogP contribution >= 0.6 is 22.7 Å². The smallest absolute Gasteiger partial charge is 0.165 e. The highest BCUT2D eigenvalue weighted by Gasteiger charge is 2.31. The maximum Gasteiger partial charge on any atom is 0.165 e. The van der Waals surface area contributed by atoms with Crippen molar-refractivity contribution in [2.75, 3.05) is 0 Å². The second-order valence-electron chi connectivity index (χ2n) is 38.8. The average molecular weight is 1950 g/mol. The van der Waals surface area contributed by atoms with Crippen LogP contribution in [0, 0.1) is 0 Å². The molecule has 12 heteroatoms. The third-order valence-corrected chi connectivity index (χ3v) is 32.8. The molecule has 0 amide bonds. The van der Waals surface area contributed by atoms with Crippen LogP contribution in [0.1, 0.15) is 0 Å². The summed E-state index contributed by atoms with van der Waals surface area (Å²) in [5.74, 6) is 2.46. The number of rotatable bonds is 9. The molecule has 0 aliphatic carbocycles. The van der Waals surface area contributed by atoms with Crippen LogP contribution < -0.4 is 0 Å². The van der Waals surface area contributed by atoms with Gasteiger partial charge in [-0.2, -0.15) is 0 Å². The van der Waals surface area contributed by atoms with Gasteiger partial charge in [-0.1, -0.05) is 382 Å². The van der Waals surface area contributed by atoms with Crippen LogP contribution in [0.25, 0.3) is 310 Å².